The highest BCUT2D eigenvalue weighted by Crippen LogP contribution is 2.22. The van der Waals surface area contributed by atoms with Gasteiger partial charge in [0.05, 0.1) is 17.3 Å². The van der Waals surface area contributed by atoms with Crippen LogP contribution in [0, 0.1) is 0 Å². The average Bonchev–Trinajstić information content (AvgIpc) is 2.98. The predicted octanol–water partition coefficient (Wildman–Crippen LogP) is 3.33. The van der Waals surface area contributed by atoms with E-state index in [0.717, 1.165) is 11.1 Å². The van der Waals surface area contributed by atoms with Gasteiger partial charge in [-0.1, -0.05) is 24.3 Å². The van der Waals surface area contributed by atoms with Crippen LogP contribution in [0.4, 0.5) is 0 Å². The van der Waals surface area contributed by atoms with Gasteiger partial charge in [0.2, 0.25) is 0 Å². The number of hydrogen-bond donors (Lipinski definition) is 0. The molecular formula is C17H17N3OS. The van der Waals surface area contributed by atoms with E-state index >= 15 is 0 Å². The minimum absolute atomic E-state index is 0.0166. The van der Waals surface area contributed by atoms with E-state index in [1.807, 2.05) is 49.8 Å². The average molecular weight is 311 g/mol. The molecule has 0 N–H and O–H groups in total. The van der Waals surface area contributed by atoms with Gasteiger partial charge in [0.1, 0.15) is 0 Å². The van der Waals surface area contributed by atoms with Crippen LogP contribution in [-0.4, -0.2) is 33.7 Å². The molecule has 2 heterocycles. The molecule has 0 unspecified atom stereocenters. The van der Waals surface area contributed by atoms with Crippen molar-refractivity contribution in [3.8, 4) is 0 Å². The molecule has 0 saturated carbocycles. The SMILES string of the molecule is CSc1ccccc1CN(C)C(=O)c1cnn2ccccc12. The summed E-state index contributed by atoms with van der Waals surface area (Å²) >= 11 is 1.69. The lowest BCUT2D eigenvalue weighted by Gasteiger charge is -2.18. The summed E-state index contributed by atoms with van der Waals surface area (Å²) in [6.07, 6.45) is 5.52. The van der Waals surface area contributed by atoms with Crippen molar-refractivity contribution in [2.45, 2.75) is 11.4 Å². The number of rotatable bonds is 4. The van der Waals surface area contributed by atoms with Gasteiger partial charge in [-0.25, -0.2) is 4.52 Å². The molecule has 0 fully saturated rings. The van der Waals surface area contributed by atoms with E-state index in [0.29, 0.717) is 12.1 Å². The van der Waals surface area contributed by atoms with E-state index < -0.39 is 0 Å². The third kappa shape index (κ3) is 2.72. The fraction of sp³-hybridized carbons (Fsp3) is 0.176. The first-order valence-electron chi connectivity index (χ1n) is 7.00. The highest BCUT2D eigenvalue weighted by Gasteiger charge is 2.17. The third-order valence-corrected chi connectivity index (χ3v) is 4.44. The number of carbonyl (C=O) groups excluding carboxylic acids is 1. The van der Waals surface area contributed by atoms with Gasteiger partial charge in [0.25, 0.3) is 5.91 Å². The largest absolute Gasteiger partial charge is 0.337 e. The van der Waals surface area contributed by atoms with Crippen molar-refractivity contribution in [1.29, 1.82) is 0 Å². The van der Waals surface area contributed by atoms with E-state index in [9.17, 15) is 4.79 Å². The number of pyridine rings is 1. The van der Waals surface area contributed by atoms with Crippen molar-refractivity contribution in [2.75, 3.05) is 13.3 Å². The first kappa shape index (κ1) is 14.7. The number of hydrogen-bond acceptors (Lipinski definition) is 3. The molecule has 3 rings (SSSR count). The lowest BCUT2D eigenvalue weighted by Crippen LogP contribution is -2.26. The summed E-state index contributed by atoms with van der Waals surface area (Å²) in [7, 11) is 1.83. The molecule has 0 aliphatic heterocycles. The topological polar surface area (TPSA) is 37.6 Å². The van der Waals surface area contributed by atoms with Crippen molar-refractivity contribution >= 4 is 23.2 Å². The van der Waals surface area contributed by atoms with Gasteiger partial charge < -0.3 is 4.90 Å². The van der Waals surface area contributed by atoms with Crippen molar-refractivity contribution in [3.05, 3.63) is 66.0 Å². The third-order valence-electron chi connectivity index (χ3n) is 3.60. The molecule has 0 saturated heterocycles. The van der Waals surface area contributed by atoms with Gasteiger partial charge in [-0.05, 0) is 30.0 Å². The predicted molar refractivity (Wildman–Crippen MR) is 89.2 cm³/mol. The summed E-state index contributed by atoms with van der Waals surface area (Å²) < 4.78 is 1.72. The Kier molecular flexibility index (Phi) is 4.15. The standard InChI is InChI=1S/C17H17N3OS/c1-19(12-13-7-3-4-9-16(13)22-2)17(21)14-11-18-20-10-6-5-8-15(14)20/h3-11H,12H2,1-2H3. The number of benzene rings is 1. The van der Waals surface area contributed by atoms with Crippen LogP contribution in [-0.2, 0) is 6.54 Å². The molecule has 1 amide bonds. The zero-order chi connectivity index (χ0) is 15.5. The molecule has 0 radical (unpaired) electrons. The Labute approximate surface area is 133 Å². The molecule has 4 nitrogen and oxygen atoms in total. The second-order valence-electron chi connectivity index (χ2n) is 5.06. The second-order valence-corrected chi connectivity index (χ2v) is 5.91. The highest BCUT2D eigenvalue weighted by molar-refractivity contribution is 7.98. The minimum atomic E-state index is -0.0166. The highest BCUT2D eigenvalue weighted by atomic mass is 32.2. The molecule has 0 aliphatic rings. The van der Waals surface area contributed by atoms with Crippen molar-refractivity contribution < 1.29 is 4.79 Å². The molecule has 2 aromatic heterocycles. The Morgan fingerprint density at radius 2 is 2.00 bits per heavy atom. The minimum Gasteiger partial charge on any atom is -0.337 e. The molecule has 3 aromatic rings. The summed E-state index contributed by atoms with van der Waals surface area (Å²) in [6, 6.07) is 13.9. The number of thioether (sulfide) groups is 1. The molecule has 22 heavy (non-hydrogen) atoms. The van der Waals surface area contributed by atoms with Gasteiger partial charge in [0.15, 0.2) is 0 Å². The molecule has 0 bridgehead atoms. The van der Waals surface area contributed by atoms with Gasteiger partial charge in [-0.3, -0.25) is 4.79 Å². The van der Waals surface area contributed by atoms with Crippen molar-refractivity contribution in [1.82, 2.24) is 14.5 Å². The summed E-state index contributed by atoms with van der Waals surface area (Å²) in [4.78, 5) is 15.6. The van der Waals surface area contributed by atoms with Gasteiger partial charge in [-0.15, -0.1) is 11.8 Å². The van der Waals surface area contributed by atoms with Crippen LogP contribution in [0.5, 0.6) is 0 Å². The van der Waals surface area contributed by atoms with Crippen molar-refractivity contribution in [2.24, 2.45) is 0 Å². The Balaban J connectivity index is 1.86. The summed E-state index contributed by atoms with van der Waals surface area (Å²) in [5.74, 6) is -0.0166. The van der Waals surface area contributed by atoms with E-state index in [1.165, 1.54) is 4.90 Å². The van der Waals surface area contributed by atoms with Crippen LogP contribution < -0.4 is 0 Å². The summed E-state index contributed by atoms with van der Waals surface area (Å²) in [5, 5.41) is 4.23. The van der Waals surface area contributed by atoms with Crippen LogP contribution in [0.25, 0.3) is 5.52 Å². The first-order chi connectivity index (χ1) is 10.7. The molecule has 0 atom stereocenters. The maximum absolute atomic E-state index is 12.7. The fourth-order valence-electron chi connectivity index (χ4n) is 2.47. The molecule has 0 spiro atoms. The number of carbonyl (C=O) groups is 1. The van der Waals surface area contributed by atoms with Crippen LogP contribution in [0.15, 0.2) is 59.8 Å². The molecule has 1 aromatic carbocycles. The van der Waals surface area contributed by atoms with Crippen LogP contribution >= 0.6 is 11.8 Å². The first-order valence-corrected chi connectivity index (χ1v) is 8.23. The quantitative estimate of drug-likeness (QED) is 0.694. The molecular weight excluding hydrogens is 294 g/mol. The van der Waals surface area contributed by atoms with Crippen LogP contribution in [0.1, 0.15) is 15.9 Å². The summed E-state index contributed by atoms with van der Waals surface area (Å²) in [5.41, 5.74) is 2.62. The van der Waals surface area contributed by atoms with Crippen molar-refractivity contribution in [3.63, 3.8) is 0 Å². The monoisotopic (exact) mass is 311 g/mol. The van der Waals surface area contributed by atoms with Gasteiger partial charge in [-0.2, -0.15) is 5.10 Å². The van der Waals surface area contributed by atoms with Crippen LogP contribution in [0.3, 0.4) is 0 Å². The number of fused-ring (bicyclic) bond motifs is 1. The Bertz CT molecular complexity index is 812. The van der Waals surface area contributed by atoms with Crippen LogP contribution in [0.2, 0.25) is 0 Å². The second kappa shape index (κ2) is 6.23. The Morgan fingerprint density at radius 3 is 2.82 bits per heavy atom. The molecule has 0 aliphatic carbocycles. The number of amides is 1. The van der Waals surface area contributed by atoms with E-state index in [-0.39, 0.29) is 5.91 Å². The zero-order valence-corrected chi connectivity index (χ0v) is 13.4. The lowest BCUT2D eigenvalue weighted by molar-refractivity contribution is 0.0786. The Morgan fingerprint density at radius 1 is 1.23 bits per heavy atom. The van der Waals surface area contributed by atoms with E-state index in [4.69, 9.17) is 0 Å². The normalized spacial score (nSPS) is 10.8. The Hall–Kier alpha value is -2.27. The smallest absolute Gasteiger partial charge is 0.257 e. The molecule has 5 heteroatoms. The van der Waals surface area contributed by atoms with Gasteiger partial charge >= 0.3 is 0 Å². The maximum Gasteiger partial charge on any atom is 0.257 e. The molecule has 112 valence electrons. The lowest BCUT2D eigenvalue weighted by atomic mass is 10.2. The number of nitrogens with zero attached hydrogens (tertiary/aromatic N) is 3. The fourth-order valence-corrected chi connectivity index (χ4v) is 3.08. The van der Waals surface area contributed by atoms with E-state index in [1.54, 1.807) is 27.4 Å². The van der Waals surface area contributed by atoms with Gasteiger partial charge in [0, 0.05) is 24.7 Å². The van der Waals surface area contributed by atoms with E-state index in [2.05, 4.69) is 17.2 Å². The number of aromatic nitrogens is 2. The maximum atomic E-state index is 12.7. The zero-order valence-electron chi connectivity index (χ0n) is 12.6. The summed E-state index contributed by atoms with van der Waals surface area (Å²) in [6.45, 7) is 0.583.